The molecule has 0 aliphatic rings. The Bertz CT molecular complexity index is 6310. The predicted octanol–water partition coefficient (Wildman–Crippen LogP) is 17.1. The molecular formula is C104H124Cl2N12O23S2. The molecule has 0 fully saturated rings. The van der Waals surface area contributed by atoms with Crippen molar-refractivity contribution in [1.82, 2.24) is 39.9 Å². The summed E-state index contributed by atoms with van der Waals surface area (Å²) in [6.07, 6.45) is -0.279. The molecular weight excluding hydrogens is 1920 g/mol. The lowest BCUT2D eigenvalue weighted by Gasteiger charge is -2.13. The van der Waals surface area contributed by atoms with Crippen LogP contribution in [-0.2, 0) is 69.5 Å². The number of sulfonamides is 2. The van der Waals surface area contributed by atoms with Crippen molar-refractivity contribution < 1.29 is 103 Å². The minimum Gasteiger partial charge on any atom is -0.507 e. The number of esters is 1. The van der Waals surface area contributed by atoms with E-state index in [2.05, 4.69) is 45.2 Å². The van der Waals surface area contributed by atoms with Gasteiger partial charge in [-0.3, -0.25) is 24.0 Å². The van der Waals surface area contributed by atoms with Crippen molar-refractivity contribution in [3.63, 3.8) is 0 Å². The first-order chi connectivity index (χ1) is 68.1. The van der Waals surface area contributed by atoms with Crippen LogP contribution in [0.3, 0.4) is 0 Å². The van der Waals surface area contributed by atoms with E-state index in [0.717, 1.165) is 45.1 Å². The van der Waals surface area contributed by atoms with Gasteiger partial charge in [0.15, 0.2) is 17.3 Å². The molecule has 9 aromatic carbocycles. The quantitative estimate of drug-likeness (QED) is 0.00519. The summed E-state index contributed by atoms with van der Waals surface area (Å²) < 4.78 is 112. The molecule has 35 nitrogen and oxygen atoms in total. The molecule has 0 amide bonds. The number of nitrogens with one attached hydrogen (secondary N) is 2. The van der Waals surface area contributed by atoms with Crippen LogP contribution in [0.25, 0.3) is 45.0 Å². The van der Waals surface area contributed by atoms with E-state index in [1.54, 1.807) is 173 Å². The molecule has 0 unspecified atom stereocenters. The number of aromatic nitrogens is 8. The Balaban J connectivity index is 0.000000293. The number of nitrogens with zero attached hydrogens (tertiary/aromatic N) is 7. The van der Waals surface area contributed by atoms with Gasteiger partial charge in [0.25, 0.3) is 5.56 Å². The zero-order valence-electron chi connectivity index (χ0n) is 81.3. The molecule has 13 aromatic rings. The van der Waals surface area contributed by atoms with Gasteiger partial charge in [-0.15, -0.1) is 0 Å². The van der Waals surface area contributed by atoms with Crippen molar-refractivity contribution in [2.45, 2.75) is 73.8 Å². The maximum absolute atomic E-state index is 12.0. The molecule has 0 bridgehead atoms. The number of para-hydroxylation sites is 7. The lowest BCUT2D eigenvalue weighted by molar-refractivity contribution is -0.142. The summed E-state index contributed by atoms with van der Waals surface area (Å²) in [7, 11) is 2.65. The van der Waals surface area contributed by atoms with E-state index in [9.17, 15) is 40.8 Å². The third kappa shape index (κ3) is 46.0. The summed E-state index contributed by atoms with van der Waals surface area (Å²) >= 11 is 11.9. The number of anilines is 3. The minimum absolute atomic E-state index is 0. The van der Waals surface area contributed by atoms with Crippen LogP contribution in [0.1, 0.15) is 100 Å². The van der Waals surface area contributed by atoms with Gasteiger partial charge in [0.1, 0.15) is 126 Å². The molecule has 4 heterocycles. The summed E-state index contributed by atoms with van der Waals surface area (Å²) in [5, 5.41) is 23.1. The number of Topliss-reactive ketones (excluding diaryl/α,β-unsaturated/α-hetero) is 3. The van der Waals surface area contributed by atoms with Crippen LogP contribution in [0.2, 0.25) is 10.3 Å². The fraction of sp³-hybridized carbons (Fsp3) is 0.288. The molecule has 0 atom stereocenters. The molecule has 4 aromatic heterocycles. The molecule has 13 rings (SSSR count). The minimum atomic E-state index is -3.61. The smallest absolute Gasteiger partial charge is 0.313 e. The topological polar surface area (TPSA) is 490 Å². The van der Waals surface area contributed by atoms with Crippen molar-refractivity contribution in [3.8, 4) is 85.3 Å². The number of ether oxygens (including phenoxy) is 13. The number of H-pyrrole nitrogens is 1. The second-order valence-electron chi connectivity index (χ2n) is 29.9. The highest BCUT2D eigenvalue weighted by atomic mass is 35.5. The maximum Gasteiger partial charge on any atom is 0.313 e. The van der Waals surface area contributed by atoms with E-state index in [-0.39, 0.29) is 60.6 Å². The zero-order valence-corrected chi connectivity index (χ0v) is 84.4. The average Bonchev–Trinajstić information content (AvgIpc) is 0.832. The molecule has 9 N–H and O–H groups in total. The number of methoxy groups -OCH3 is 6. The molecule has 0 aliphatic heterocycles. The van der Waals surface area contributed by atoms with Gasteiger partial charge in [-0.05, 0) is 169 Å². The Kier molecular flexibility index (Phi) is 54.4. The SMILES string of the molecule is C.CC(=O)c1ccccc1O.CCOC(=O)CC(=O)c1ccccc1OCCOC.COCCOc1ccccc1-c1cc(=O)[nH]c(C)n1.COCCOc1ccccc1-c1cc(Cl)nc(C)n1.COCCOc1ccccc1-c1cc(Cl)nc(C)n1.COCCOc1ccccc1-c1cc(Nc2cccc(CS(N)(=O)=O)c2)nc(C)n1.COCCOc1ccccc1C(C)=O.Nc1cccc(CS(N)(=O)=O)c1. The summed E-state index contributed by atoms with van der Waals surface area (Å²) in [5.74, 6) is 5.70. The van der Waals surface area contributed by atoms with Gasteiger partial charge in [-0.25, -0.2) is 62.0 Å². The normalized spacial score (nSPS) is 10.4. The number of aryl methyl sites for hydroxylation is 4. The van der Waals surface area contributed by atoms with Crippen LogP contribution in [-0.4, -0.2) is 214 Å². The average molecular weight is 2050 g/mol. The molecule has 39 heteroatoms. The second-order valence-corrected chi connectivity index (χ2v) is 33.9. The Labute approximate surface area is 844 Å². The number of hydrogen-bond acceptors (Lipinski definition) is 32. The largest absolute Gasteiger partial charge is 0.507 e. The summed E-state index contributed by atoms with van der Waals surface area (Å²) in [6.45, 7) is 17.8. The first kappa shape index (κ1) is 119. The van der Waals surface area contributed by atoms with Gasteiger partial charge < -0.3 is 82.7 Å². The van der Waals surface area contributed by atoms with Crippen LogP contribution in [0, 0.1) is 27.7 Å². The third-order valence-corrected chi connectivity index (χ3v) is 20.3. The number of hydrogen-bond donors (Lipinski definition) is 6. The molecule has 143 heavy (non-hydrogen) atoms. The highest BCUT2D eigenvalue weighted by Crippen LogP contribution is 2.35. The lowest BCUT2D eigenvalue weighted by Crippen LogP contribution is -2.14. The first-order valence-corrected chi connectivity index (χ1v) is 48.2. The fourth-order valence-corrected chi connectivity index (χ4v) is 14.1. The van der Waals surface area contributed by atoms with Gasteiger partial charge >= 0.3 is 5.97 Å². The van der Waals surface area contributed by atoms with Crippen molar-refractivity contribution in [2.24, 2.45) is 10.3 Å². The van der Waals surface area contributed by atoms with Gasteiger partial charge in [-0.1, -0.05) is 140 Å². The highest BCUT2D eigenvalue weighted by molar-refractivity contribution is 7.88. The monoisotopic (exact) mass is 2040 g/mol. The lowest BCUT2D eigenvalue weighted by atomic mass is 10.1. The van der Waals surface area contributed by atoms with Crippen molar-refractivity contribution in [3.05, 3.63) is 314 Å². The number of nitrogen functional groups attached to an aromatic ring is 1. The zero-order chi connectivity index (χ0) is 104. The van der Waals surface area contributed by atoms with E-state index >= 15 is 0 Å². The summed E-state index contributed by atoms with van der Waals surface area (Å²) in [6, 6.07) is 71.4. The van der Waals surface area contributed by atoms with E-state index in [1.165, 1.54) is 26.0 Å². The number of phenolic OH excluding ortho intramolecular Hbond substituents is 1. The number of ketones is 3. The van der Waals surface area contributed by atoms with Crippen LogP contribution in [0.5, 0.6) is 40.2 Å². The molecule has 0 saturated heterocycles. The van der Waals surface area contributed by atoms with Crippen LogP contribution in [0.15, 0.2) is 247 Å². The number of carbonyl (C=O) groups excluding carboxylic acids is 4. The second kappa shape index (κ2) is 65.1. The number of phenols is 1. The maximum atomic E-state index is 12.0. The Hall–Kier alpha value is -14.1. The number of nitrogens with two attached hydrogens (primary N) is 3. The Morgan fingerprint density at radius 3 is 1.09 bits per heavy atom. The first-order valence-electron chi connectivity index (χ1n) is 44.0. The number of aromatic amines is 1. The Morgan fingerprint density at radius 1 is 0.392 bits per heavy atom. The van der Waals surface area contributed by atoms with Gasteiger partial charge in [0.05, 0.1) is 97.2 Å². The van der Waals surface area contributed by atoms with E-state index in [1.807, 2.05) is 135 Å². The van der Waals surface area contributed by atoms with Gasteiger partial charge in [-0.2, -0.15) is 0 Å². The number of aromatic hydroxyl groups is 1. The third-order valence-electron chi connectivity index (χ3n) is 18.5. The predicted molar refractivity (Wildman–Crippen MR) is 553 cm³/mol. The van der Waals surface area contributed by atoms with Gasteiger partial charge in [0.2, 0.25) is 20.0 Å². The van der Waals surface area contributed by atoms with Crippen molar-refractivity contribution >= 4 is 83.8 Å². The van der Waals surface area contributed by atoms with Crippen LogP contribution in [0.4, 0.5) is 17.2 Å². The van der Waals surface area contributed by atoms with Gasteiger partial charge in [0, 0.05) is 101 Å². The van der Waals surface area contributed by atoms with Crippen LogP contribution >= 0.6 is 23.2 Å². The number of carbonyl (C=O) groups is 4. The Morgan fingerprint density at radius 2 is 0.727 bits per heavy atom. The van der Waals surface area contributed by atoms with Crippen molar-refractivity contribution in [2.75, 3.05) is 140 Å². The van der Waals surface area contributed by atoms with E-state index in [4.69, 9.17) is 106 Å². The molecule has 0 radical (unpaired) electrons. The number of benzene rings is 9. The summed E-state index contributed by atoms with van der Waals surface area (Å²) in [4.78, 5) is 89.5. The van der Waals surface area contributed by atoms with E-state index in [0.29, 0.717) is 192 Å². The molecule has 0 spiro atoms. The molecule has 0 saturated carbocycles. The van der Waals surface area contributed by atoms with Crippen molar-refractivity contribution in [1.29, 1.82) is 0 Å². The summed E-state index contributed by atoms with van der Waals surface area (Å²) in [5.41, 5.74) is 15.3. The fourth-order valence-electron chi connectivity index (χ4n) is 12.4. The number of rotatable bonds is 40. The molecule has 764 valence electrons. The van der Waals surface area contributed by atoms with Crippen LogP contribution < -0.4 is 55.3 Å². The standard InChI is InChI=1S/C21H24N4O4S.2C14H15ClN2O2.C14H16N2O3.C14H18O5.C11H14O3.C8H8O2.C7H10N2O2S.CH4/c1-15-23-19(18-8-3-4-9-20(18)29-11-10-28-2)13-21(24-15)25-17-7-5-6-16(12-17)14-30(22,26)27;2*1-10-16-12(9-14(15)17-10)11-5-3-4-6-13(11)19-8-7-18-2;1-10-15-12(9-14(17)16-10)11-5-3-4-6-13(11)19-8-7-18-2;1-3-18-14(16)10-12(15)11-6-4-5-7-13(11)19-9-8-17-2;1-9(12)10-5-3-4-6-11(10)14-8-7-13-2;1-6(9)7-4-2-3-5-8(7)10;8-7-3-1-2-6(4-7)5-12(9,10)11;/h3-9,12-13H,10-11,14H2,1-2H3,(H2,22,26,27)(H,23,24,25);2*3-6,9H,7-8H2,1-2H3;3-6,9H,7-8H2,1-2H3,(H,15,16,17);4-7H,3,8-10H2,1-2H3;3-6H,7-8H2,1-2H3;2-5,10H,1H3;1-4H,5,8H2,(H2,9,10,11);1H4. The number of halogens is 2. The number of primary sulfonamides is 2. The molecule has 0 aliphatic carbocycles. The highest BCUT2D eigenvalue weighted by Gasteiger charge is 2.20. The van der Waals surface area contributed by atoms with E-state index < -0.39 is 26.0 Å².